The van der Waals surface area contributed by atoms with Crippen molar-refractivity contribution in [2.24, 2.45) is 11.3 Å². The number of anilines is 1. The highest BCUT2D eigenvalue weighted by atomic mass is 35.5. The third kappa shape index (κ3) is 4.37. The molecule has 0 saturated carbocycles. The molecule has 19 heavy (non-hydrogen) atoms. The number of nitrogens with two attached hydrogens (primary N) is 1. The van der Waals surface area contributed by atoms with Crippen LogP contribution in [0.3, 0.4) is 0 Å². The van der Waals surface area contributed by atoms with Crippen molar-refractivity contribution in [3.05, 3.63) is 23.2 Å². The highest BCUT2D eigenvalue weighted by Gasteiger charge is 2.24. The van der Waals surface area contributed by atoms with Crippen LogP contribution < -0.4 is 10.5 Å². The Morgan fingerprint density at radius 3 is 2.47 bits per heavy atom. The minimum atomic E-state index is -3.63. The molecule has 0 aliphatic heterocycles. The molecule has 108 valence electrons. The van der Waals surface area contributed by atoms with E-state index in [1.807, 2.05) is 6.92 Å². The van der Waals surface area contributed by atoms with Gasteiger partial charge in [0.25, 0.3) is 0 Å². The van der Waals surface area contributed by atoms with Crippen molar-refractivity contribution in [2.75, 3.05) is 12.3 Å². The van der Waals surface area contributed by atoms with Crippen LogP contribution in [0.2, 0.25) is 5.02 Å². The maximum atomic E-state index is 12.2. The van der Waals surface area contributed by atoms with Gasteiger partial charge < -0.3 is 5.73 Å². The molecular formula is C13H21ClN2O2S. The largest absolute Gasteiger partial charge is 0.399 e. The average molecular weight is 305 g/mol. The van der Waals surface area contributed by atoms with Crippen LogP contribution >= 0.6 is 11.6 Å². The van der Waals surface area contributed by atoms with Gasteiger partial charge in [-0.15, -0.1) is 0 Å². The summed E-state index contributed by atoms with van der Waals surface area (Å²) in [5, 5.41) is 0.171. The number of nitrogens with one attached hydrogen (secondary N) is 1. The molecule has 1 aromatic carbocycles. The summed E-state index contributed by atoms with van der Waals surface area (Å²) < 4.78 is 27.0. The Labute approximate surface area is 120 Å². The van der Waals surface area contributed by atoms with Gasteiger partial charge in [0.2, 0.25) is 10.0 Å². The summed E-state index contributed by atoms with van der Waals surface area (Å²) in [4.78, 5) is 0.0234. The summed E-state index contributed by atoms with van der Waals surface area (Å²) in [7, 11) is -3.63. The van der Waals surface area contributed by atoms with Gasteiger partial charge in [-0.3, -0.25) is 0 Å². The van der Waals surface area contributed by atoms with E-state index < -0.39 is 10.0 Å². The molecule has 1 unspecified atom stereocenters. The lowest BCUT2D eigenvalue weighted by atomic mass is 9.82. The van der Waals surface area contributed by atoms with Crippen LogP contribution in [0, 0.1) is 11.3 Å². The van der Waals surface area contributed by atoms with Gasteiger partial charge in [-0.1, -0.05) is 39.3 Å². The molecule has 6 heteroatoms. The van der Waals surface area contributed by atoms with Gasteiger partial charge in [-0.2, -0.15) is 0 Å². The van der Waals surface area contributed by atoms with Crippen LogP contribution in [-0.4, -0.2) is 15.0 Å². The summed E-state index contributed by atoms with van der Waals surface area (Å²) in [5.74, 6) is 0.196. The highest BCUT2D eigenvalue weighted by Crippen LogP contribution is 2.26. The molecule has 0 heterocycles. The molecule has 0 bridgehead atoms. The van der Waals surface area contributed by atoms with Crippen molar-refractivity contribution in [1.82, 2.24) is 4.72 Å². The molecule has 0 aliphatic carbocycles. The Hall–Kier alpha value is -0.780. The number of halogens is 1. The zero-order chi connectivity index (χ0) is 14.8. The third-order valence-electron chi connectivity index (χ3n) is 3.30. The van der Waals surface area contributed by atoms with Crippen LogP contribution in [0.1, 0.15) is 27.7 Å². The molecule has 4 nitrogen and oxygen atoms in total. The highest BCUT2D eigenvalue weighted by molar-refractivity contribution is 7.89. The number of hydrogen-bond donors (Lipinski definition) is 2. The van der Waals surface area contributed by atoms with Crippen LogP contribution in [-0.2, 0) is 10.0 Å². The molecule has 0 saturated heterocycles. The molecule has 1 aromatic rings. The van der Waals surface area contributed by atoms with Gasteiger partial charge in [0.05, 0.1) is 5.02 Å². The van der Waals surface area contributed by atoms with E-state index in [1.54, 1.807) is 6.07 Å². The first-order valence-corrected chi connectivity index (χ1v) is 7.95. The second-order valence-electron chi connectivity index (χ2n) is 5.81. The van der Waals surface area contributed by atoms with Crippen molar-refractivity contribution in [3.63, 3.8) is 0 Å². The fourth-order valence-corrected chi connectivity index (χ4v) is 3.01. The number of rotatable bonds is 4. The standard InChI is InChI=1S/C13H21ClN2O2S/c1-9(13(2,3)4)8-16-19(17,18)12-7-10(15)5-6-11(12)14/h5-7,9,16H,8,15H2,1-4H3. The molecule has 0 amide bonds. The molecule has 1 rings (SSSR count). The minimum absolute atomic E-state index is 0.0234. The second-order valence-corrected chi connectivity index (χ2v) is 7.95. The predicted molar refractivity (Wildman–Crippen MR) is 79.7 cm³/mol. The molecular weight excluding hydrogens is 284 g/mol. The number of hydrogen-bond acceptors (Lipinski definition) is 3. The monoisotopic (exact) mass is 304 g/mol. The number of nitrogen functional groups attached to an aromatic ring is 1. The molecule has 3 N–H and O–H groups in total. The summed E-state index contributed by atoms with van der Waals surface area (Å²) in [5.41, 5.74) is 6.00. The van der Waals surface area contributed by atoms with Crippen LogP contribution in [0.4, 0.5) is 5.69 Å². The third-order valence-corrected chi connectivity index (χ3v) is 5.21. The van der Waals surface area contributed by atoms with Crippen molar-refractivity contribution < 1.29 is 8.42 Å². The van der Waals surface area contributed by atoms with Gasteiger partial charge in [-0.25, -0.2) is 13.1 Å². The van der Waals surface area contributed by atoms with E-state index in [-0.39, 0.29) is 21.3 Å². The van der Waals surface area contributed by atoms with Gasteiger partial charge >= 0.3 is 0 Å². The lowest BCUT2D eigenvalue weighted by Crippen LogP contribution is -2.33. The summed E-state index contributed by atoms with van der Waals surface area (Å²) in [6, 6.07) is 4.42. The fraction of sp³-hybridized carbons (Fsp3) is 0.538. The Balaban J connectivity index is 2.91. The zero-order valence-corrected chi connectivity index (χ0v) is 13.3. The van der Waals surface area contributed by atoms with E-state index in [4.69, 9.17) is 17.3 Å². The van der Waals surface area contributed by atoms with Gasteiger partial charge in [0.15, 0.2) is 0 Å². The minimum Gasteiger partial charge on any atom is -0.399 e. The van der Waals surface area contributed by atoms with Crippen LogP contribution in [0.5, 0.6) is 0 Å². The van der Waals surface area contributed by atoms with E-state index in [0.29, 0.717) is 12.2 Å². The molecule has 1 atom stereocenters. The van der Waals surface area contributed by atoms with Crippen LogP contribution in [0.15, 0.2) is 23.1 Å². The van der Waals surface area contributed by atoms with Crippen molar-refractivity contribution in [1.29, 1.82) is 0 Å². The molecule has 0 aromatic heterocycles. The number of benzene rings is 1. The van der Waals surface area contributed by atoms with Gasteiger partial charge in [0.1, 0.15) is 4.90 Å². The second kappa shape index (κ2) is 5.69. The van der Waals surface area contributed by atoms with E-state index >= 15 is 0 Å². The summed E-state index contributed by atoms with van der Waals surface area (Å²) in [6.07, 6.45) is 0. The Morgan fingerprint density at radius 2 is 1.95 bits per heavy atom. The van der Waals surface area contributed by atoms with E-state index in [9.17, 15) is 8.42 Å². The Kier molecular flexibility index (Phi) is 4.87. The topological polar surface area (TPSA) is 72.2 Å². The summed E-state index contributed by atoms with van der Waals surface area (Å²) >= 11 is 5.91. The molecule has 0 spiro atoms. The summed E-state index contributed by atoms with van der Waals surface area (Å²) in [6.45, 7) is 8.57. The van der Waals surface area contributed by atoms with Gasteiger partial charge in [0, 0.05) is 12.2 Å². The number of sulfonamides is 1. The normalized spacial score (nSPS) is 14.4. The quantitative estimate of drug-likeness (QED) is 0.840. The maximum Gasteiger partial charge on any atom is 0.242 e. The smallest absolute Gasteiger partial charge is 0.242 e. The lowest BCUT2D eigenvalue weighted by molar-refractivity contribution is 0.263. The fourth-order valence-electron chi connectivity index (χ4n) is 1.34. The first-order valence-electron chi connectivity index (χ1n) is 6.09. The average Bonchev–Trinajstić information content (AvgIpc) is 2.28. The van der Waals surface area contributed by atoms with E-state index in [0.717, 1.165) is 0 Å². The van der Waals surface area contributed by atoms with Crippen molar-refractivity contribution >= 4 is 27.3 Å². The van der Waals surface area contributed by atoms with Crippen LogP contribution in [0.25, 0.3) is 0 Å². The zero-order valence-electron chi connectivity index (χ0n) is 11.7. The Bertz CT molecular complexity index is 550. The van der Waals surface area contributed by atoms with E-state index in [1.165, 1.54) is 12.1 Å². The van der Waals surface area contributed by atoms with Crippen molar-refractivity contribution in [2.45, 2.75) is 32.6 Å². The van der Waals surface area contributed by atoms with E-state index in [2.05, 4.69) is 25.5 Å². The predicted octanol–water partition coefficient (Wildman–Crippen LogP) is 2.88. The Morgan fingerprint density at radius 1 is 1.37 bits per heavy atom. The lowest BCUT2D eigenvalue weighted by Gasteiger charge is -2.27. The first kappa shape index (κ1) is 16.3. The van der Waals surface area contributed by atoms with Crippen molar-refractivity contribution in [3.8, 4) is 0 Å². The van der Waals surface area contributed by atoms with Gasteiger partial charge in [-0.05, 0) is 29.5 Å². The molecule has 0 radical (unpaired) electrons. The molecule has 0 aliphatic rings. The SMILES string of the molecule is CC(CNS(=O)(=O)c1cc(N)ccc1Cl)C(C)(C)C. The first-order chi connectivity index (χ1) is 8.54. The maximum absolute atomic E-state index is 12.2. The molecule has 0 fully saturated rings.